The number of carboxylic acids is 1. The molecule has 0 saturated carbocycles. The Morgan fingerprint density at radius 2 is 1.79 bits per heavy atom. The summed E-state index contributed by atoms with van der Waals surface area (Å²) < 4.78 is 0. The van der Waals surface area contributed by atoms with E-state index in [2.05, 4.69) is 11.4 Å². The van der Waals surface area contributed by atoms with Crippen molar-refractivity contribution in [2.75, 3.05) is 18.0 Å². The molecule has 0 fully saturated rings. The molecule has 1 aliphatic heterocycles. The third kappa shape index (κ3) is 3.74. The molecule has 0 spiro atoms. The van der Waals surface area contributed by atoms with Gasteiger partial charge in [0.15, 0.2) is 0 Å². The van der Waals surface area contributed by atoms with E-state index in [0.717, 1.165) is 24.2 Å². The van der Waals surface area contributed by atoms with Crippen molar-refractivity contribution >= 4 is 17.6 Å². The summed E-state index contributed by atoms with van der Waals surface area (Å²) >= 11 is 0. The summed E-state index contributed by atoms with van der Waals surface area (Å²) in [6.07, 6.45) is 0.799. The molecule has 2 aromatic rings. The van der Waals surface area contributed by atoms with Crippen molar-refractivity contribution in [3.05, 3.63) is 65.7 Å². The van der Waals surface area contributed by atoms with Crippen LogP contribution in [0.3, 0.4) is 0 Å². The second-order valence-electron chi connectivity index (χ2n) is 5.93. The Kier molecular flexibility index (Phi) is 4.79. The zero-order chi connectivity index (χ0) is 16.9. The van der Waals surface area contributed by atoms with Crippen LogP contribution in [0.4, 0.5) is 5.69 Å². The van der Waals surface area contributed by atoms with Gasteiger partial charge >= 0.3 is 5.97 Å². The number of hydrogen-bond donors (Lipinski definition) is 2. The minimum atomic E-state index is -0.935. The first-order valence-electron chi connectivity index (χ1n) is 8.02. The summed E-state index contributed by atoms with van der Waals surface area (Å²) in [6, 6.07) is 16.7. The predicted octanol–water partition coefficient (Wildman–Crippen LogP) is 2.38. The molecule has 3 rings (SSSR count). The minimum absolute atomic E-state index is 0.133. The molecule has 2 N–H and O–H groups in total. The summed E-state index contributed by atoms with van der Waals surface area (Å²) in [5.74, 6) is -1.10. The van der Waals surface area contributed by atoms with E-state index in [1.165, 1.54) is 5.56 Å². The monoisotopic (exact) mass is 324 g/mol. The quantitative estimate of drug-likeness (QED) is 0.856. The smallest absolute Gasteiger partial charge is 0.305 e. The largest absolute Gasteiger partial charge is 0.481 e. The van der Waals surface area contributed by atoms with E-state index in [-0.39, 0.29) is 18.9 Å². The number of nitrogens with zero attached hydrogens (tertiary/aromatic N) is 1. The summed E-state index contributed by atoms with van der Waals surface area (Å²) in [7, 11) is 0. The lowest BCUT2D eigenvalue weighted by molar-refractivity contribution is -0.137. The van der Waals surface area contributed by atoms with Gasteiger partial charge in [-0.2, -0.15) is 0 Å². The topological polar surface area (TPSA) is 69.6 Å². The highest BCUT2D eigenvalue weighted by Crippen LogP contribution is 2.27. The van der Waals surface area contributed by atoms with Crippen LogP contribution in [0.2, 0.25) is 0 Å². The highest BCUT2D eigenvalue weighted by Gasteiger charge is 2.23. The van der Waals surface area contributed by atoms with E-state index in [0.29, 0.717) is 0 Å². The van der Waals surface area contributed by atoms with E-state index < -0.39 is 12.0 Å². The Hall–Kier alpha value is -2.82. The molecular weight excluding hydrogens is 304 g/mol. The second kappa shape index (κ2) is 7.17. The standard InChI is InChI=1S/C19H20N2O3/c22-18(13-21-11-10-15-8-4-5-9-17(15)21)20-16(12-19(23)24)14-6-2-1-3-7-14/h1-9,16H,10-13H2,(H,20,22)(H,23,24). The van der Waals surface area contributed by atoms with Gasteiger partial charge in [-0.1, -0.05) is 48.5 Å². The number of aliphatic carboxylic acids is 1. The Bertz CT molecular complexity index is 730. The van der Waals surface area contributed by atoms with Gasteiger partial charge in [0, 0.05) is 12.2 Å². The highest BCUT2D eigenvalue weighted by atomic mass is 16.4. The Labute approximate surface area is 140 Å². The maximum atomic E-state index is 12.4. The number of amides is 1. The summed E-state index contributed by atoms with van der Waals surface area (Å²) in [4.78, 5) is 25.6. The van der Waals surface area contributed by atoms with Crippen molar-refractivity contribution in [1.82, 2.24) is 5.32 Å². The van der Waals surface area contributed by atoms with Crippen LogP contribution in [-0.4, -0.2) is 30.1 Å². The van der Waals surface area contributed by atoms with Gasteiger partial charge in [-0.25, -0.2) is 0 Å². The van der Waals surface area contributed by atoms with Gasteiger partial charge in [-0.15, -0.1) is 0 Å². The van der Waals surface area contributed by atoms with E-state index in [9.17, 15) is 9.59 Å². The van der Waals surface area contributed by atoms with Crippen LogP contribution in [0, 0.1) is 0 Å². The fourth-order valence-corrected chi connectivity index (χ4v) is 3.10. The number of para-hydroxylation sites is 1. The van der Waals surface area contributed by atoms with Crippen LogP contribution in [0.1, 0.15) is 23.6 Å². The molecule has 1 unspecified atom stereocenters. The van der Waals surface area contributed by atoms with Gasteiger partial charge in [-0.3, -0.25) is 9.59 Å². The molecule has 24 heavy (non-hydrogen) atoms. The Balaban J connectivity index is 1.67. The number of rotatable bonds is 6. The molecule has 5 nitrogen and oxygen atoms in total. The van der Waals surface area contributed by atoms with Crippen LogP contribution in [0.5, 0.6) is 0 Å². The summed E-state index contributed by atoms with van der Waals surface area (Å²) in [6.45, 7) is 1.04. The predicted molar refractivity (Wildman–Crippen MR) is 91.9 cm³/mol. The molecule has 0 aromatic heterocycles. The lowest BCUT2D eigenvalue weighted by atomic mass is 10.0. The van der Waals surface area contributed by atoms with Crippen LogP contribution in [0.25, 0.3) is 0 Å². The minimum Gasteiger partial charge on any atom is -0.481 e. The number of fused-ring (bicyclic) bond motifs is 1. The van der Waals surface area contributed by atoms with Crippen LogP contribution < -0.4 is 10.2 Å². The third-order valence-electron chi connectivity index (χ3n) is 4.23. The molecule has 124 valence electrons. The molecular formula is C19H20N2O3. The molecule has 0 bridgehead atoms. The van der Waals surface area contributed by atoms with E-state index >= 15 is 0 Å². The fraction of sp³-hybridized carbons (Fsp3) is 0.263. The lowest BCUT2D eigenvalue weighted by Crippen LogP contribution is -2.39. The Morgan fingerprint density at radius 1 is 1.08 bits per heavy atom. The lowest BCUT2D eigenvalue weighted by Gasteiger charge is -2.22. The maximum Gasteiger partial charge on any atom is 0.305 e. The molecule has 0 radical (unpaired) electrons. The van der Waals surface area contributed by atoms with Crippen LogP contribution in [-0.2, 0) is 16.0 Å². The first kappa shape index (κ1) is 16.1. The first-order chi connectivity index (χ1) is 11.6. The second-order valence-corrected chi connectivity index (χ2v) is 5.93. The van der Waals surface area contributed by atoms with Crippen LogP contribution >= 0.6 is 0 Å². The van der Waals surface area contributed by atoms with Crippen molar-refractivity contribution < 1.29 is 14.7 Å². The molecule has 5 heteroatoms. The highest BCUT2D eigenvalue weighted by molar-refractivity contribution is 5.83. The molecule has 2 aromatic carbocycles. The molecule has 0 saturated heterocycles. The molecule has 0 aliphatic carbocycles. The number of hydrogen-bond acceptors (Lipinski definition) is 3. The van der Waals surface area contributed by atoms with Crippen molar-refractivity contribution in [2.24, 2.45) is 0 Å². The SMILES string of the molecule is O=C(O)CC(NC(=O)CN1CCc2ccccc21)c1ccccc1. The van der Waals surface area contributed by atoms with Gasteiger partial charge in [0.25, 0.3) is 0 Å². The van der Waals surface area contributed by atoms with Crippen molar-refractivity contribution in [1.29, 1.82) is 0 Å². The van der Waals surface area contributed by atoms with E-state index in [1.54, 1.807) is 0 Å². The van der Waals surface area contributed by atoms with Crippen LogP contribution in [0.15, 0.2) is 54.6 Å². The van der Waals surface area contributed by atoms with E-state index in [4.69, 9.17) is 5.11 Å². The zero-order valence-electron chi connectivity index (χ0n) is 13.3. The zero-order valence-corrected chi connectivity index (χ0v) is 13.3. The third-order valence-corrected chi connectivity index (χ3v) is 4.23. The van der Waals surface area contributed by atoms with Crippen molar-refractivity contribution in [3.8, 4) is 0 Å². The van der Waals surface area contributed by atoms with Gasteiger partial charge in [0.2, 0.25) is 5.91 Å². The normalized spacial score (nSPS) is 14.1. The summed E-state index contributed by atoms with van der Waals surface area (Å²) in [5, 5.41) is 12.0. The first-order valence-corrected chi connectivity index (χ1v) is 8.02. The molecule has 1 aliphatic rings. The van der Waals surface area contributed by atoms with Gasteiger partial charge in [-0.05, 0) is 23.6 Å². The molecule has 1 heterocycles. The molecule has 1 atom stereocenters. The molecule has 1 amide bonds. The van der Waals surface area contributed by atoms with Gasteiger partial charge in [0.05, 0.1) is 19.0 Å². The number of carbonyl (C=O) groups is 2. The summed E-state index contributed by atoms with van der Waals surface area (Å²) in [5.41, 5.74) is 3.13. The number of carbonyl (C=O) groups excluding carboxylic acids is 1. The number of anilines is 1. The number of benzene rings is 2. The number of carboxylic acid groups (broad SMARTS) is 1. The average Bonchev–Trinajstić information content (AvgIpc) is 2.98. The van der Waals surface area contributed by atoms with Crippen molar-refractivity contribution in [3.63, 3.8) is 0 Å². The fourth-order valence-electron chi connectivity index (χ4n) is 3.10. The Morgan fingerprint density at radius 3 is 2.54 bits per heavy atom. The average molecular weight is 324 g/mol. The van der Waals surface area contributed by atoms with Gasteiger partial charge < -0.3 is 15.3 Å². The van der Waals surface area contributed by atoms with E-state index in [1.807, 2.05) is 53.4 Å². The number of nitrogens with one attached hydrogen (secondary N) is 1. The maximum absolute atomic E-state index is 12.4. The van der Waals surface area contributed by atoms with Gasteiger partial charge in [0.1, 0.15) is 0 Å². The van der Waals surface area contributed by atoms with Crippen molar-refractivity contribution in [2.45, 2.75) is 18.9 Å².